The van der Waals surface area contributed by atoms with Gasteiger partial charge in [0, 0.05) is 11.3 Å². The molecule has 0 spiro atoms. The molecule has 0 saturated carbocycles. The van der Waals surface area contributed by atoms with Gasteiger partial charge in [0.05, 0.1) is 11.1 Å². The van der Waals surface area contributed by atoms with E-state index in [-0.39, 0.29) is 11.1 Å². The Bertz CT molecular complexity index is 1250. The maximum atomic E-state index is 13.2. The van der Waals surface area contributed by atoms with E-state index >= 15 is 0 Å². The molecule has 0 radical (unpaired) electrons. The van der Waals surface area contributed by atoms with E-state index in [1.807, 2.05) is 32.0 Å². The van der Waals surface area contributed by atoms with Gasteiger partial charge in [0.25, 0.3) is 17.7 Å². The molecule has 7 nitrogen and oxygen atoms in total. The molecular formula is C27H24N2O5. The first-order valence-corrected chi connectivity index (χ1v) is 10.9. The van der Waals surface area contributed by atoms with Gasteiger partial charge in [-0.25, -0.2) is 4.79 Å². The molecular weight excluding hydrogens is 432 g/mol. The predicted octanol–water partition coefficient (Wildman–Crippen LogP) is 4.21. The summed E-state index contributed by atoms with van der Waals surface area (Å²) in [6.07, 6.45) is -1.27. The lowest BCUT2D eigenvalue weighted by Gasteiger charge is -2.24. The molecule has 1 aliphatic heterocycles. The normalized spacial score (nSPS) is 14.4. The number of benzene rings is 3. The molecule has 3 aromatic rings. The van der Waals surface area contributed by atoms with Gasteiger partial charge in [0.2, 0.25) is 6.10 Å². The number of fused-ring (bicyclic) bond motifs is 1. The first-order valence-electron chi connectivity index (χ1n) is 10.9. The monoisotopic (exact) mass is 456 g/mol. The summed E-state index contributed by atoms with van der Waals surface area (Å²) in [5.41, 5.74) is 3.37. The number of carbonyl (C=O) groups is 4. The number of anilines is 1. The van der Waals surface area contributed by atoms with Crippen LogP contribution in [0.4, 0.5) is 5.69 Å². The van der Waals surface area contributed by atoms with Crippen molar-refractivity contribution < 1.29 is 23.9 Å². The van der Waals surface area contributed by atoms with E-state index in [1.165, 1.54) is 19.1 Å². The second-order valence-corrected chi connectivity index (χ2v) is 8.24. The van der Waals surface area contributed by atoms with Crippen LogP contribution in [0.5, 0.6) is 0 Å². The van der Waals surface area contributed by atoms with E-state index < -0.39 is 35.8 Å². The van der Waals surface area contributed by atoms with E-state index in [9.17, 15) is 19.2 Å². The first-order chi connectivity index (χ1) is 16.3. The average molecular weight is 456 g/mol. The molecule has 0 aliphatic carbocycles. The minimum absolute atomic E-state index is 0.236. The Morgan fingerprint density at radius 2 is 1.44 bits per heavy atom. The van der Waals surface area contributed by atoms with Gasteiger partial charge in [0.15, 0.2) is 0 Å². The predicted molar refractivity (Wildman–Crippen MR) is 126 cm³/mol. The standard InChI is InChI=1S/C27H24N2O5/c1-16-13-14-17(2)22(15-16)28-24(30)23(19-9-5-4-6-10-19)34-27(33)18(3)29-25(31)20-11-7-8-12-21(20)26(29)32/h4-15,18,23H,1-3H3,(H,28,30)/t18-,23-/m0/s1. The molecule has 1 N–H and O–H groups in total. The smallest absolute Gasteiger partial charge is 0.330 e. The molecule has 7 heteroatoms. The summed E-state index contributed by atoms with van der Waals surface area (Å²) in [6, 6.07) is 19.4. The molecule has 0 aromatic heterocycles. The Kier molecular flexibility index (Phi) is 6.27. The van der Waals surface area contributed by atoms with Crippen molar-refractivity contribution in [2.45, 2.75) is 32.9 Å². The fourth-order valence-corrected chi connectivity index (χ4v) is 3.85. The largest absolute Gasteiger partial charge is 0.446 e. The molecule has 34 heavy (non-hydrogen) atoms. The lowest BCUT2D eigenvalue weighted by atomic mass is 10.1. The zero-order valence-corrected chi connectivity index (χ0v) is 19.1. The molecule has 172 valence electrons. The van der Waals surface area contributed by atoms with Crippen LogP contribution < -0.4 is 5.32 Å². The zero-order valence-electron chi connectivity index (χ0n) is 19.1. The van der Waals surface area contributed by atoms with Gasteiger partial charge < -0.3 is 10.1 Å². The van der Waals surface area contributed by atoms with Gasteiger partial charge >= 0.3 is 5.97 Å². The summed E-state index contributed by atoms with van der Waals surface area (Å²) >= 11 is 0. The Hall–Kier alpha value is -4.26. The number of imide groups is 1. The summed E-state index contributed by atoms with van der Waals surface area (Å²) in [5, 5.41) is 2.83. The summed E-state index contributed by atoms with van der Waals surface area (Å²) in [5.74, 6) is -2.54. The maximum absolute atomic E-state index is 13.2. The minimum Gasteiger partial charge on any atom is -0.446 e. The van der Waals surface area contributed by atoms with E-state index in [0.29, 0.717) is 11.3 Å². The van der Waals surface area contributed by atoms with Crippen molar-refractivity contribution in [1.82, 2.24) is 4.90 Å². The van der Waals surface area contributed by atoms with Gasteiger partial charge in [0.1, 0.15) is 6.04 Å². The van der Waals surface area contributed by atoms with Crippen LogP contribution in [0, 0.1) is 13.8 Å². The molecule has 4 rings (SSSR count). The van der Waals surface area contributed by atoms with Crippen LogP contribution >= 0.6 is 0 Å². The van der Waals surface area contributed by atoms with Gasteiger partial charge in [-0.1, -0.05) is 54.6 Å². The van der Waals surface area contributed by atoms with Gasteiger partial charge in [-0.15, -0.1) is 0 Å². The molecule has 0 saturated heterocycles. The highest BCUT2D eigenvalue weighted by atomic mass is 16.5. The quantitative estimate of drug-likeness (QED) is 0.443. The maximum Gasteiger partial charge on any atom is 0.330 e. The first kappa shape index (κ1) is 22.9. The molecule has 3 aromatic carbocycles. The van der Waals surface area contributed by atoms with Crippen LogP contribution in [0.3, 0.4) is 0 Å². The lowest BCUT2D eigenvalue weighted by molar-refractivity contribution is -0.158. The topological polar surface area (TPSA) is 92.8 Å². The molecule has 2 atom stereocenters. The fourth-order valence-electron chi connectivity index (χ4n) is 3.85. The SMILES string of the molecule is Cc1ccc(C)c(NC(=O)[C@@H](OC(=O)[C@H](C)N2C(=O)c3ccccc3C2=O)c2ccccc2)c1. The molecule has 1 heterocycles. The number of ether oxygens (including phenoxy) is 1. The number of rotatable bonds is 6. The Labute approximate surface area is 197 Å². The third-order valence-electron chi connectivity index (χ3n) is 5.78. The number of hydrogen-bond acceptors (Lipinski definition) is 5. The highest BCUT2D eigenvalue weighted by Crippen LogP contribution is 2.27. The van der Waals surface area contributed by atoms with Crippen LogP contribution in [0.1, 0.15) is 50.4 Å². The Balaban J connectivity index is 1.58. The number of nitrogens with zero attached hydrogens (tertiary/aromatic N) is 1. The number of nitrogens with one attached hydrogen (secondary N) is 1. The van der Waals surface area contributed by atoms with E-state index in [1.54, 1.807) is 42.5 Å². The second-order valence-electron chi connectivity index (χ2n) is 8.24. The van der Waals surface area contributed by atoms with Gasteiger partial charge in [-0.05, 0) is 50.1 Å². The second kappa shape index (κ2) is 9.31. The number of esters is 1. The van der Waals surface area contributed by atoms with Crippen molar-refractivity contribution in [3.63, 3.8) is 0 Å². The number of carbonyl (C=O) groups excluding carboxylic acids is 4. The van der Waals surface area contributed by atoms with Crippen molar-refractivity contribution in [3.05, 3.63) is 101 Å². The number of aryl methyl sites for hydroxylation is 2. The summed E-state index contributed by atoms with van der Waals surface area (Å²) in [4.78, 5) is 52.7. The van der Waals surface area contributed by atoms with Crippen LogP contribution in [0.15, 0.2) is 72.8 Å². The number of amides is 3. The molecule has 0 fully saturated rings. The molecule has 0 unspecified atom stereocenters. The van der Waals surface area contributed by atoms with Crippen molar-refractivity contribution in [1.29, 1.82) is 0 Å². The summed E-state index contributed by atoms with van der Waals surface area (Å²) in [7, 11) is 0. The van der Waals surface area contributed by atoms with Crippen LogP contribution in [-0.4, -0.2) is 34.6 Å². The van der Waals surface area contributed by atoms with Crippen molar-refractivity contribution in [2.75, 3.05) is 5.32 Å². The third-order valence-corrected chi connectivity index (χ3v) is 5.78. The minimum atomic E-state index is -1.27. The third kappa shape index (κ3) is 4.32. The van der Waals surface area contributed by atoms with Crippen LogP contribution in [0.2, 0.25) is 0 Å². The number of hydrogen-bond donors (Lipinski definition) is 1. The average Bonchev–Trinajstić information content (AvgIpc) is 3.09. The van der Waals surface area contributed by atoms with Gasteiger partial charge in [-0.2, -0.15) is 0 Å². The van der Waals surface area contributed by atoms with Crippen molar-refractivity contribution >= 4 is 29.4 Å². The fraction of sp³-hybridized carbons (Fsp3) is 0.185. The summed E-state index contributed by atoms with van der Waals surface area (Å²) in [6.45, 7) is 5.19. The van der Waals surface area contributed by atoms with Crippen LogP contribution in [0.25, 0.3) is 0 Å². The zero-order chi connectivity index (χ0) is 24.4. The van der Waals surface area contributed by atoms with Crippen molar-refractivity contribution in [2.24, 2.45) is 0 Å². The highest BCUT2D eigenvalue weighted by Gasteiger charge is 2.42. The lowest BCUT2D eigenvalue weighted by Crippen LogP contribution is -2.44. The molecule has 1 aliphatic rings. The van der Waals surface area contributed by atoms with Crippen molar-refractivity contribution in [3.8, 4) is 0 Å². The highest BCUT2D eigenvalue weighted by molar-refractivity contribution is 6.22. The Morgan fingerprint density at radius 1 is 0.853 bits per heavy atom. The molecule has 3 amide bonds. The summed E-state index contributed by atoms with van der Waals surface area (Å²) < 4.78 is 5.61. The van der Waals surface area contributed by atoms with Crippen LogP contribution in [-0.2, 0) is 14.3 Å². The van der Waals surface area contributed by atoms with E-state index in [2.05, 4.69) is 5.32 Å². The van der Waals surface area contributed by atoms with Gasteiger partial charge in [-0.3, -0.25) is 19.3 Å². The Morgan fingerprint density at radius 3 is 2.06 bits per heavy atom. The van der Waals surface area contributed by atoms with E-state index in [4.69, 9.17) is 4.74 Å². The molecule has 0 bridgehead atoms. The van der Waals surface area contributed by atoms with E-state index in [0.717, 1.165) is 16.0 Å².